The third-order valence-corrected chi connectivity index (χ3v) is 3.00. The van der Waals surface area contributed by atoms with Crippen LogP contribution in [-0.4, -0.2) is 28.8 Å². The Balaban J connectivity index is 2.38. The molecule has 1 heterocycles. The fraction of sp³-hybridized carbons (Fsp3) is 0.333. The minimum Gasteiger partial charge on any atom is -0.496 e. The molecule has 0 amide bonds. The van der Waals surface area contributed by atoms with Crippen LogP contribution in [0.3, 0.4) is 0 Å². The number of aliphatic hydroxyl groups excluding tert-OH is 1. The maximum Gasteiger partial charge on any atom is 0.131 e. The van der Waals surface area contributed by atoms with Crippen LogP contribution in [0.25, 0.3) is 11.3 Å². The third kappa shape index (κ3) is 3.09. The summed E-state index contributed by atoms with van der Waals surface area (Å²) in [4.78, 5) is 8.59. The first-order valence-electron chi connectivity index (χ1n) is 6.38. The van der Waals surface area contributed by atoms with E-state index in [-0.39, 0.29) is 6.61 Å². The van der Waals surface area contributed by atoms with Gasteiger partial charge in [-0.2, -0.15) is 0 Å². The summed E-state index contributed by atoms with van der Waals surface area (Å²) in [5, 5.41) is 8.94. The lowest BCUT2D eigenvalue weighted by Gasteiger charge is -2.09. The summed E-state index contributed by atoms with van der Waals surface area (Å²) in [5.41, 5.74) is 3.07. The number of aryl methyl sites for hydroxylation is 1. The third-order valence-electron chi connectivity index (χ3n) is 3.00. The second-order valence-corrected chi connectivity index (χ2v) is 4.21. The molecule has 0 fully saturated rings. The average molecular weight is 258 g/mol. The normalized spacial score (nSPS) is 10.5. The van der Waals surface area contributed by atoms with Gasteiger partial charge in [0.1, 0.15) is 11.6 Å². The second kappa shape index (κ2) is 6.29. The highest BCUT2D eigenvalue weighted by Crippen LogP contribution is 2.25. The predicted octanol–water partition coefficient (Wildman–Crippen LogP) is 2.25. The van der Waals surface area contributed by atoms with E-state index in [1.54, 1.807) is 13.3 Å². The van der Waals surface area contributed by atoms with Gasteiger partial charge in [-0.05, 0) is 36.2 Å². The maximum absolute atomic E-state index is 8.94. The molecule has 100 valence electrons. The fourth-order valence-corrected chi connectivity index (χ4v) is 1.99. The topological polar surface area (TPSA) is 55.2 Å². The Kier molecular flexibility index (Phi) is 4.47. The van der Waals surface area contributed by atoms with Gasteiger partial charge in [-0.25, -0.2) is 9.97 Å². The van der Waals surface area contributed by atoms with Crippen LogP contribution in [0.4, 0.5) is 0 Å². The molecule has 1 N–H and O–H groups in total. The molecule has 0 aliphatic rings. The van der Waals surface area contributed by atoms with Crippen LogP contribution in [0.15, 0.2) is 30.5 Å². The highest BCUT2D eigenvalue weighted by Gasteiger charge is 2.06. The van der Waals surface area contributed by atoms with Crippen molar-refractivity contribution in [3.05, 3.63) is 41.9 Å². The van der Waals surface area contributed by atoms with E-state index in [9.17, 15) is 0 Å². The molecule has 0 bridgehead atoms. The number of aliphatic hydroxyl groups is 1. The molecule has 4 heteroatoms. The number of hydrogen-bond acceptors (Lipinski definition) is 4. The number of benzene rings is 1. The quantitative estimate of drug-likeness (QED) is 0.893. The lowest BCUT2D eigenvalue weighted by atomic mass is 10.0. The fourth-order valence-electron chi connectivity index (χ4n) is 1.99. The summed E-state index contributed by atoms with van der Waals surface area (Å²) in [6.07, 6.45) is 3.11. The highest BCUT2D eigenvalue weighted by molar-refractivity contribution is 5.61. The van der Waals surface area contributed by atoms with Gasteiger partial charge in [0.2, 0.25) is 0 Å². The molecule has 2 rings (SSSR count). The average Bonchev–Trinajstić information content (AvgIpc) is 2.47. The van der Waals surface area contributed by atoms with Gasteiger partial charge in [-0.3, -0.25) is 0 Å². The molecule has 1 aromatic carbocycles. The first-order chi connectivity index (χ1) is 9.28. The summed E-state index contributed by atoms with van der Waals surface area (Å²) >= 11 is 0. The standard InChI is InChI=1S/C15H18N2O2/c1-3-11-10-12(4-5-14(11)19-2)13-6-8-16-15(17-13)7-9-18/h4-6,8,10,18H,3,7,9H2,1-2H3. The minimum absolute atomic E-state index is 0.0618. The van der Waals surface area contributed by atoms with Crippen LogP contribution in [0.5, 0.6) is 5.75 Å². The number of nitrogens with zero attached hydrogens (tertiary/aromatic N) is 2. The Bertz CT molecular complexity index is 556. The lowest BCUT2D eigenvalue weighted by Crippen LogP contribution is -1.99. The van der Waals surface area contributed by atoms with E-state index in [0.717, 1.165) is 29.0 Å². The van der Waals surface area contributed by atoms with Gasteiger partial charge in [0.25, 0.3) is 0 Å². The van der Waals surface area contributed by atoms with E-state index in [1.165, 1.54) is 0 Å². The van der Waals surface area contributed by atoms with Crippen molar-refractivity contribution in [3.8, 4) is 17.0 Å². The molecule has 19 heavy (non-hydrogen) atoms. The molecule has 0 saturated carbocycles. The SMILES string of the molecule is CCc1cc(-c2ccnc(CCO)n2)ccc1OC. The Hall–Kier alpha value is -1.94. The Morgan fingerprint density at radius 3 is 2.79 bits per heavy atom. The molecule has 0 saturated heterocycles. The molecule has 0 aliphatic carbocycles. The van der Waals surface area contributed by atoms with Crippen molar-refractivity contribution in [1.82, 2.24) is 9.97 Å². The Labute approximate surface area is 113 Å². The van der Waals surface area contributed by atoms with E-state index in [2.05, 4.69) is 23.0 Å². The van der Waals surface area contributed by atoms with Gasteiger partial charge in [0.05, 0.1) is 19.4 Å². The van der Waals surface area contributed by atoms with Gasteiger partial charge in [0, 0.05) is 18.2 Å². The molecule has 2 aromatic rings. The summed E-state index contributed by atoms with van der Waals surface area (Å²) in [5.74, 6) is 1.56. The molecule has 0 radical (unpaired) electrons. The van der Waals surface area contributed by atoms with Crippen LogP contribution in [0, 0.1) is 0 Å². The van der Waals surface area contributed by atoms with E-state index >= 15 is 0 Å². The molecule has 0 atom stereocenters. The number of hydrogen-bond donors (Lipinski definition) is 1. The largest absolute Gasteiger partial charge is 0.496 e. The van der Waals surface area contributed by atoms with Gasteiger partial charge in [0.15, 0.2) is 0 Å². The number of ether oxygens (including phenoxy) is 1. The first kappa shape index (κ1) is 13.5. The van der Waals surface area contributed by atoms with E-state index in [1.807, 2.05) is 18.2 Å². The summed E-state index contributed by atoms with van der Waals surface area (Å²) in [6.45, 7) is 2.16. The Morgan fingerprint density at radius 2 is 2.11 bits per heavy atom. The number of aromatic nitrogens is 2. The zero-order valence-corrected chi connectivity index (χ0v) is 11.3. The molecule has 0 unspecified atom stereocenters. The molecule has 4 nitrogen and oxygen atoms in total. The predicted molar refractivity (Wildman–Crippen MR) is 74.2 cm³/mol. The van der Waals surface area contributed by atoms with Crippen LogP contribution >= 0.6 is 0 Å². The Morgan fingerprint density at radius 1 is 1.26 bits per heavy atom. The summed E-state index contributed by atoms with van der Waals surface area (Å²) in [6, 6.07) is 7.91. The monoisotopic (exact) mass is 258 g/mol. The first-order valence-corrected chi connectivity index (χ1v) is 6.38. The van der Waals surface area contributed by atoms with Crippen molar-refractivity contribution < 1.29 is 9.84 Å². The second-order valence-electron chi connectivity index (χ2n) is 4.21. The van der Waals surface area contributed by atoms with Crippen molar-refractivity contribution >= 4 is 0 Å². The summed E-state index contributed by atoms with van der Waals surface area (Å²) < 4.78 is 5.32. The van der Waals surface area contributed by atoms with E-state index in [0.29, 0.717) is 12.2 Å². The van der Waals surface area contributed by atoms with Crippen LogP contribution in [0.2, 0.25) is 0 Å². The molecule has 0 spiro atoms. The van der Waals surface area contributed by atoms with Gasteiger partial charge in [-0.15, -0.1) is 0 Å². The van der Waals surface area contributed by atoms with E-state index < -0.39 is 0 Å². The smallest absolute Gasteiger partial charge is 0.131 e. The summed E-state index contributed by atoms with van der Waals surface area (Å²) in [7, 11) is 1.68. The number of rotatable bonds is 5. The molecular weight excluding hydrogens is 240 g/mol. The van der Waals surface area contributed by atoms with Crippen molar-refractivity contribution in [2.75, 3.05) is 13.7 Å². The van der Waals surface area contributed by atoms with Gasteiger partial charge in [-0.1, -0.05) is 6.92 Å². The molecule has 0 aliphatic heterocycles. The van der Waals surface area contributed by atoms with E-state index in [4.69, 9.17) is 9.84 Å². The number of methoxy groups -OCH3 is 1. The maximum atomic E-state index is 8.94. The van der Waals surface area contributed by atoms with Gasteiger partial charge < -0.3 is 9.84 Å². The lowest BCUT2D eigenvalue weighted by molar-refractivity contribution is 0.296. The highest BCUT2D eigenvalue weighted by atomic mass is 16.5. The van der Waals surface area contributed by atoms with Crippen molar-refractivity contribution in [1.29, 1.82) is 0 Å². The van der Waals surface area contributed by atoms with Crippen LogP contribution in [-0.2, 0) is 12.8 Å². The van der Waals surface area contributed by atoms with Crippen LogP contribution < -0.4 is 4.74 Å². The van der Waals surface area contributed by atoms with Crippen molar-refractivity contribution in [2.45, 2.75) is 19.8 Å². The van der Waals surface area contributed by atoms with Crippen molar-refractivity contribution in [2.24, 2.45) is 0 Å². The molecular formula is C15H18N2O2. The zero-order chi connectivity index (χ0) is 13.7. The minimum atomic E-state index is 0.0618. The van der Waals surface area contributed by atoms with Crippen LogP contribution in [0.1, 0.15) is 18.3 Å². The van der Waals surface area contributed by atoms with Gasteiger partial charge >= 0.3 is 0 Å². The van der Waals surface area contributed by atoms with Crippen molar-refractivity contribution in [3.63, 3.8) is 0 Å². The zero-order valence-electron chi connectivity index (χ0n) is 11.3. The molecule has 1 aromatic heterocycles.